The number of nitrogens with one attached hydrogen (secondary N) is 2. The molecule has 2 aromatic heterocycles. The van der Waals surface area contributed by atoms with Crippen molar-refractivity contribution >= 4 is 40.0 Å². The highest BCUT2D eigenvalue weighted by Gasteiger charge is 2.16. The Balaban J connectivity index is 1.74. The topological polar surface area (TPSA) is 97.1 Å². The van der Waals surface area contributed by atoms with E-state index in [1.54, 1.807) is 18.4 Å². The number of rotatable bonds is 9. The van der Waals surface area contributed by atoms with Crippen molar-refractivity contribution in [1.82, 2.24) is 15.5 Å². The van der Waals surface area contributed by atoms with Crippen molar-refractivity contribution in [1.29, 1.82) is 0 Å². The van der Waals surface area contributed by atoms with Crippen molar-refractivity contribution < 1.29 is 14.0 Å². The monoisotopic (exact) mass is 368 g/mol. The fraction of sp³-hybridized carbons (Fsp3) is 0.467. The Morgan fingerprint density at radius 3 is 2.79 bits per heavy atom. The molecular weight excluding hydrogens is 348 g/mol. The number of hydrogen-bond acceptors (Lipinski definition) is 7. The number of carbonyl (C=O) groups excluding carboxylic acids is 2. The lowest BCUT2D eigenvalue weighted by molar-refractivity contribution is -0.120. The minimum absolute atomic E-state index is 0.0163. The molecule has 2 amide bonds. The predicted octanol–water partition coefficient (Wildman–Crippen LogP) is 2.91. The van der Waals surface area contributed by atoms with Crippen molar-refractivity contribution in [2.75, 3.05) is 11.1 Å². The first-order chi connectivity index (χ1) is 11.6. The second kappa shape index (κ2) is 9.43. The molecule has 0 aromatic carbocycles. The highest BCUT2D eigenvalue weighted by Crippen LogP contribution is 2.26. The molecule has 0 radical (unpaired) electrons. The van der Waals surface area contributed by atoms with Gasteiger partial charge in [0.1, 0.15) is 5.76 Å². The van der Waals surface area contributed by atoms with Crippen LogP contribution >= 0.6 is 23.1 Å². The summed E-state index contributed by atoms with van der Waals surface area (Å²) in [5, 5.41) is 13.9. The maximum absolute atomic E-state index is 12.0. The number of carbonyl (C=O) groups is 2. The molecule has 0 aliphatic heterocycles. The van der Waals surface area contributed by atoms with Crippen LogP contribution in [0.15, 0.2) is 27.2 Å². The molecule has 0 spiro atoms. The van der Waals surface area contributed by atoms with Gasteiger partial charge >= 0.3 is 0 Å². The van der Waals surface area contributed by atoms with Gasteiger partial charge in [-0.1, -0.05) is 36.9 Å². The SMILES string of the molecule is CCC(CC)C(=O)Nc1nnc(SCC(=O)NCc2ccco2)s1. The van der Waals surface area contributed by atoms with Crippen LogP contribution in [0.5, 0.6) is 0 Å². The van der Waals surface area contributed by atoms with E-state index in [9.17, 15) is 9.59 Å². The number of hydrogen-bond donors (Lipinski definition) is 2. The van der Waals surface area contributed by atoms with Crippen LogP contribution in [-0.4, -0.2) is 27.8 Å². The fourth-order valence-corrected chi connectivity index (χ4v) is 3.55. The number of aromatic nitrogens is 2. The minimum atomic E-state index is -0.116. The third-order valence-electron chi connectivity index (χ3n) is 3.36. The summed E-state index contributed by atoms with van der Waals surface area (Å²) in [5.41, 5.74) is 0. The van der Waals surface area contributed by atoms with Gasteiger partial charge in [-0.3, -0.25) is 9.59 Å². The van der Waals surface area contributed by atoms with Gasteiger partial charge in [0.15, 0.2) is 4.34 Å². The average Bonchev–Trinajstić information content (AvgIpc) is 3.24. The van der Waals surface area contributed by atoms with E-state index in [0.717, 1.165) is 12.8 Å². The maximum Gasteiger partial charge on any atom is 0.230 e. The van der Waals surface area contributed by atoms with Crippen molar-refractivity contribution in [3.8, 4) is 0 Å². The summed E-state index contributed by atoms with van der Waals surface area (Å²) in [7, 11) is 0. The van der Waals surface area contributed by atoms with Crippen molar-refractivity contribution in [3.05, 3.63) is 24.2 Å². The van der Waals surface area contributed by atoms with Crippen LogP contribution in [0.1, 0.15) is 32.4 Å². The summed E-state index contributed by atoms with van der Waals surface area (Å²) in [4.78, 5) is 23.8. The second-order valence-corrected chi connectivity index (χ2v) is 7.22. The van der Waals surface area contributed by atoms with Gasteiger partial charge in [-0.15, -0.1) is 10.2 Å². The molecule has 0 fully saturated rings. The van der Waals surface area contributed by atoms with Crippen LogP contribution in [0, 0.1) is 5.92 Å². The summed E-state index contributed by atoms with van der Waals surface area (Å²) in [6, 6.07) is 3.57. The van der Waals surface area contributed by atoms with E-state index in [-0.39, 0.29) is 23.5 Å². The molecule has 0 atom stereocenters. The van der Waals surface area contributed by atoms with E-state index < -0.39 is 0 Å². The fourth-order valence-electron chi connectivity index (χ4n) is 1.96. The first kappa shape index (κ1) is 18.5. The lowest BCUT2D eigenvalue weighted by Crippen LogP contribution is -2.24. The molecule has 0 bridgehead atoms. The minimum Gasteiger partial charge on any atom is -0.467 e. The Bertz CT molecular complexity index is 653. The zero-order chi connectivity index (χ0) is 17.4. The highest BCUT2D eigenvalue weighted by atomic mass is 32.2. The quantitative estimate of drug-likeness (QED) is 0.522. The van der Waals surface area contributed by atoms with Crippen LogP contribution in [0.4, 0.5) is 5.13 Å². The summed E-state index contributed by atoms with van der Waals surface area (Å²) in [6.45, 7) is 4.33. The summed E-state index contributed by atoms with van der Waals surface area (Å²) in [6.07, 6.45) is 3.14. The molecule has 2 aromatic rings. The van der Waals surface area contributed by atoms with E-state index in [0.29, 0.717) is 21.8 Å². The first-order valence-corrected chi connectivity index (χ1v) is 9.48. The number of nitrogens with zero attached hydrogens (tertiary/aromatic N) is 2. The van der Waals surface area contributed by atoms with Crippen LogP contribution < -0.4 is 10.6 Å². The number of furan rings is 1. The van der Waals surface area contributed by atoms with E-state index in [4.69, 9.17) is 4.42 Å². The summed E-state index contributed by atoms with van der Waals surface area (Å²) < 4.78 is 5.78. The third kappa shape index (κ3) is 5.64. The summed E-state index contributed by atoms with van der Waals surface area (Å²) in [5.74, 6) is 0.765. The van der Waals surface area contributed by atoms with Gasteiger partial charge in [-0.05, 0) is 25.0 Å². The van der Waals surface area contributed by atoms with Gasteiger partial charge in [0.25, 0.3) is 0 Å². The van der Waals surface area contributed by atoms with Gasteiger partial charge in [-0.2, -0.15) is 0 Å². The highest BCUT2D eigenvalue weighted by molar-refractivity contribution is 8.01. The molecule has 0 aliphatic carbocycles. The smallest absolute Gasteiger partial charge is 0.230 e. The molecular formula is C15H20N4O3S2. The van der Waals surface area contributed by atoms with E-state index in [2.05, 4.69) is 20.8 Å². The molecule has 2 rings (SSSR count). The predicted molar refractivity (Wildman–Crippen MR) is 93.9 cm³/mol. The lowest BCUT2D eigenvalue weighted by Gasteiger charge is -2.09. The molecule has 9 heteroatoms. The Morgan fingerprint density at radius 1 is 1.33 bits per heavy atom. The van der Waals surface area contributed by atoms with Crippen molar-refractivity contribution in [2.45, 2.75) is 37.6 Å². The van der Waals surface area contributed by atoms with Gasteiger partial charge in [0.05, 0.1) is 18.6 Å². The number of thioether (sulfide) groups is 1. The standard InChI is InChI=1S/C15H20N4O3S2/c1-3-10(4-2)13(21)17-14-18-19-15(24-14)23-9-12(20)16-8-11-6-5-7-22-11/h5-7,10H,3-4,8-9H2,1-2H3,(H,16,20)(H,17,18,21). The van der Waals surface area contributed by atoms with Crippen LogP contribution in [0.25, 0.3) is 0 Å². The first-order valence-electron chi connectivity index (χ1n) is 7.68. The van der Waals surface area contributed by atoms with Crippen LogP contribution in [-0.2, 0) is 16.1 Å². The van der Waals surface area contributed by atoms with E-state index >= 15 is 0 Å². The molecule has 7 nitrogen and oxygen atoms in total. The Hall–Kier alpha value is -1.87. The Morgan fingerprint density at radius 2 is 2.12 bits per heavy atom. The molecule has 24 heavy (non-hydrogen) atoms. The normalized spacial score (nSPS) is 10.8. The molecule has 130 valence electrons. The van der Waals surface area contributed by atoms with Gasteiger partial charge in [0.2, 0.25) is 16.9 Å². The average molecular weight is 368 g/mol. The van der Waals surface area contributed by atoms with Crippen LogP contribution in [0.3, 0.4) is 0 Å². The zero-order valence-electron chi connectivity index (χ0n) is 13.6. The molecule has 0 unspecified atom stereocenters. The van der Waals surface area contributed by atoms with Crippen molar-refractivity contribution in [2.24, 2.45) is 5.92 Å². The molecule has 2 heterocycles. The number of amides is 2. The second-order valence-electron chi connectivity index (χ2n) is 5.02. The van der Waals surface area contributed by atoms with Crippen molar-refractivity contribution in [3.63, 3.8) is 0 Å². The van der Waals surface area contributed by atoms with E-state index in [1.807, 2.05) is 13.8 Å². The Kier molecular flexibility index (Phi) is 7.26. The molecule has 0 aliphatic rings. The largest absolute Gasteiger partial charge is 0.467 e. The van der Waals surface area contributed by atoms with E-state index in [1.165, 1.54) is 23.1 Å². The zero-order valence-corrected chi connectivity index (χ0v) is 15.2. The van der Waals surface area contributed by atoms with Crippen LogP contribution in [0.2, 0.25) is 0 Å². The third-order valence-corrected chi connectivity index (χ3v) is 5.33. The maximum atomic E-state index is 12.0. The van der Waals surface area contributed by atoms with Gasteiger partial charge in [0, 0.05) is 5.92 Å². The molecule has 2 N–H and O–H groups in total. The lowest BCUT2D eigenvalue weighted by atomic mass is 10.0. The molecule has 0 saturated heterocycles. The molecule has 0 saturated carbocycles. The van der Waals surface area contributed by atoms with Gasteiger partial charge < -0.3 is 15.1 Å². The summed E-state index contributed by atoms with van der Waals surface area (Å²) >= 11 is 2.55. The Labute approximate surface area is 148 Å². The number of anilines is 1. The van der Waals surface area contributed by atoms with Gasteiger partial charge in [-0.25, -0.2) is 0 Å².